The second kappa shape index (κ2) is 7.54. The van der Waals surface area contributed by atoms with Crippen LogP contribution in [0.4, 0.5) is 13.2 Å². The van der Waals surface area contributed by atoms with Crippen LogP contribution in [0.3, 0.4) is 0 Å². The molecule has 0 saturated carbocycles. The van der Waals surface area contributed by atoms with Crippen LogP contribution < -0.4 is 0 Å². The Morgan fingerprint density at radius 3 is 2.31 bits per heavy atom. The molecule has 0 saturated heterocycles. The minimum Gasteiger partial charge on any atom is -0.351 e. The molecule has 1 aromatic heterocycles. The summed E-state index contributed by atoms with van der Waals surface area (Å²) in [7, 11) is 1.94. The number of aromatic nitrogens is 1. The molecule has 0 spiro atoms. The van der Waals surface area contributed by atoms with Gasteiger partial charge in [0.05, 0.1) is 0 Å². The number of likely N-dealkylation sites (N-methyl/N-ethyl adjacent to an activating group) is 1. The van der Waals surface area contributed by atoms with Crippen molar-refractivity contribution in [3.8, 4) is 0 Å². The van der Waals surface area contributed by atoms with Crippen molar-refractivity contribution in [3.05, 3.63) is 95.1 Å². The Hall–Kier alpha value is -2.82. The summed E-state index contributed by atoms with van der Waals surface area (Å²) < 4.78 is 38.4. The van der Waals surface area contributed by atoms with E-state index in [-0.39, 0.29) is 5.41 Å². The molecule has 0 radical (unpaired) electrons. The normalized spacial score (nSPS) is 14.9. The van der Waals surface area contributed by atoms with Gasteiger partial charge in [-0.2, -0.15) is 13.2 Å². The van der Waals surface area contributed by atoms with Crippen molar-refractivity contribution in [2.75, 3.05) is 7.05 Å². The summed E-state index contributed by atoms with van der Waals surface area (Å²) in [5, 5.41) is 0. The van der Waals surface area contributed by atoms with Crippen LogP contribution in [0.5, 0.6) is 0 Å². The summed E-state index contributed by atoms with van der Waals surface area (Å²) >= 11 is 0. The van der Waals surface area contributed by atoms with Gasteiger partial charge in [0, 0.05) is 25.1 Å². The van der Waals surface area contributed by atoms with E-state index in [0.717, 1.165) is 34.0 Å². The lowest BCUT2D eigenvalue weighted by atomic mass is 9.83. The van der Waals surface area contributed by atoms with E-state index in [1.165, 1.54) is 17.8 Å². The van der Waals surface area contributed by atoms with Gasteiger partial charge >= 0.3 is 6.18 Å². The molecule has 1 aliphatic heterocycles. The SMILES string of the molecule is C=C1C=CC(c2ccc(C(C)(C)C)cc2Cc2ccc(C(F)(F)F)nc2)=CN1C. The summed E-state index contributed by atoms with van der Waals surface area (Å²) in [5.41, 5.74) is 5.04. The maximum Gasteiger partial charge on any atom is 0.433 e. The van der Waals surface area contributed by atoms with E-state index in [0.29, 0.717) is 6.42 Å². The Morgan fingerprint density at radius 2 is 1.76 bits per heavy atom. The molecule has 29 heavy (non-hydrogen) atoms. The maximum absolute atomic E-state index is 12.8. The third kappa shape index (κ3) is 4.78. The van der Waals surface area contributed by atoms with E-state index in [1.807, 2.05) is 30.3 Å². The van der Waals surface area contributed by atoms with Gasteiger partial charge in [-0.05, 0) is 51.8 Å². The lowest BCUT2D eigenvalue weighted by Crippen LogP contribution is -2.14. The zero-order chi connectivity index (χ0) is 21.4. The Labute approximate surface area is 170 Å². The molecule has 1 aliphatic rings. The number of hydrogen-bond acceptors (Lipinski definition) is 2. The fraction of sp³-hybridized carbons (Fsp3) is 0.292. The first-order valence-electron chi connectivity index (χ1n) is 9.43. The summed E-state index contributed by atoms with van der Waals surface area (Å²) in [6, 6.07) is 8.89. The standard InChI is InChI=1S/C24H25F3N2/c1-16-6-8-18(15-29(16)5)21-10-9-20(23(2,3)4)13-19(21)12-17-7-11-22(28-14-17)24(25,26)27/h6-11,13-15H,1,12H2,2-5H3. The summed E-state index contributed by atoms with van der Waals surface area (Å²) in [6.45, 7) is 10.4. The van der Waals surface area contributed by atoms with Crippen LogP contribution in [0.2, 0.25) is 0 Å². The highest BCUT2D eigenvalue weighted by molar-refractivity contribution is 5.78. The molecule has 152 valence electrons. The molecule has 0 fully saturated rings. The predicted octanol–water partition coefficient (Wildman–Crippen LogP) is 6.34. The third-order valence-corrected chi connectivity index (χ3v) is 5.03. The topological polar surface area (TPSA) is 16.1 Å². The number of benzene rings is 1. The molecule has 0 N–H and O–H groups in total. The summed E-state index contributed by atoms with van der Waals surface area (Å²) in [6.07, 6.45) is 3.37. The molecule has 2 nitrogen and oxygen atoms in total. The van der Waals surface area contributed by atoms with Crippen molar-refractivity contribution in [1.29, 1.82) is 0 Å². The average molecular weight is 398 g/mol. The number of rotatable bonds is 3. The highest BCUT2D eigenvalue weighted by Gasteiger charge is 2.32. The first-order chi connectivity index (χ1) is 13.4. The van der Waals surface area contributed by atoms with Gasteiger partial charge in [0.25, 0.3) is 0 Å². The van der Waals surface area contributed by atoms with E-state index in [4.69, 9.17) is 0 Å². The highest BCUT2D eigenvalue weighted by atomic mass is 19.4. The van der Waals surface area contributed by atoms with E-state index in [2.05, 4.69) is 50.5 Å². The van der Waals surface area contributed by atoms with Gasteiger partial charge in [0.1, 0.15) is 5.69 Å². The van der Waals surface area contributed by atoms with Crippen molar-refractivity contribution < 1.29 is 13.2 Å². The molecule has 0 aliphatic carbocycles. The third-order valence-electron chi connectivity index (χ3n) is 5.03. The molecule has 0 bridgehead atoms. The summed E-state index contributed by atoms with van der Waals surface area (Å²) in [5.74, 6) is 0. The Bertz CT molecular complexity index is 975. The minimum atomic E-state index is -4.43. The van der Waals surface area contributed by atoms with Crippen LogP contribution in [0.1, 0.15) is 48.7 Å². The molecular weight excluding hydrogens is 373 g/mol. The van der Waals surface area contributed by atoms with E-state index >= 15 is 0 Å². The highest BCUT2D eigenvalue weighted by Crippen LogP contribution is 2.32. The fourth-order valence-electron chi connectivity index (χ4n) is 3.20. The van der Waals surface area contributed by atoms with Crippen LogP contribution in [0, 0.1) is 0 Å². The first-order valence-corrected chi connectivity index (χ1v) is 9.43. The Balaban J connectivity index is 2.02. The van der Waals surface area contributed by atoms with Crippen molar-refractivity contribution in [3.63, 3.8) is 0 Å². The van der Waals surface area contributed by atoms with Gasteiger partial charge in [0.2, 0.25) is 0 Å². The van der Waals surface area contributed by atoms with Gasteiger partial charge in [-0.15, -0.1) is 0 Å². The van der Waals surface area contributed by atoms with Crippen LogP contribution in [0.25, 0.3) is 5.57 Å². The van der Waals surface area contributed by atoms with Crippen LogP contribution in [-0.4, -0.2) is 16.9 Å². The van der Waals surface area contributed by atoms with Crippen molar-refractivity contribution >= 4 is 5.57 Å². The molecule has 0 atom stereocenters. The van der Waals surface area contributed by atoms with Gasteiger partial charge in [-0.1, -0.05) is 57.7 Å². The molecule has 2 aromatic rings. The Kier molecular flexibility index (Phi) is 5.44. The minimum absolute atomic E-state index is 0.0342. The van der Waals surface area contributed by atoms with Crippen molar-refractivity contribution in [2.45, 2.75) is 38.8 Å². The number of allylic oxidation sites excluding steroid dienone is 3. The molecule has 1 aromatic carbocycles. The van der Waals surface area contributed by atoms with E-state index < -0.39 is 11.9 Å². The molecular formula is C24H25F3N2. The number of alkyl halides is 3. The average Bonchev–Trinajstić information content (AvgIpc) is 2.63. The van der Waals surface area contributed by atoms with Gasteiger partial charge in [0.15, 0.2) is 0 Å². The Morgan fingerprint density at radius 1 is 1.03 bits per heavy atom. The van der Waals surface area contributed by atoms with E-state index in [1.54, 1.807) is 0 Å². The molecule has 3 rings (SSSR count). The summed E-state index contributed by atoms with van der Waals surface area (Å²) in [4.78, 5) is 5.56. The monoisotopic (exact) mass is 398 g/mol. The lowest BCUT2D eigenvalue weighted by Gasteiger charge is -2.24. The quantitative estimate of drug-likeness (QED) is 0.599. The van der Waals surface area contributed by atoms with Crippen LogP contribution in [0.15, 0.2) is 67.2 Å². The largest absolute Gasteiger partial charge is 0.433 e. The number of nitrogens with zero attached hydrogens (tertiary/aromatic N) is 2. The van der Waals surface area contributed by atoms with E-state index in [9.17, 15) is 13.2 Å². The van der Waals surface area contributed by atoms with Crippen molar-refractivity contribution in [1.82, 2.24) is 9.88 Å². The first kappa shape index (κ1) is 20.9. The van der Waals surface area contributed by atoms with Gasteiger partial charge in [-0.25, -0.2) is 0 Å². The smallest absolute Gasteiger partial charge is 0.351 e. The molecule has 0 unspecified atom stereocenters. The zero-order valence-electron chi connectivity index (χ0n) is 17.1. The second-order valence-electron chi connectivity index (χ2n) is 8.37. The number of hydrogen-bond donors (Lipinski definition) is 0. The molecule has 2 heterocycles. The van der Waals surface area contributed by atoms with Crippen LogP contribution in [-0.2, 0) is 18.0 Å². The second-order valence-corrected chi connectivity index (χ2v) is 8.37. The fourth-order valence-corrected chi connectivity index (χ4v) is 3.20. The molecule has 0 amide bonds. The lowest BCUT2D eigenvalue weighted by molar-refractivity contribution is -0.141. The van der Waals surface area contributed by atoms with Crippen LogP contribution >= 0.6 is 0 Å². The van der Waals surface area contributed by atoms with Gasteiger partial charge < -0.3 is 4.90 Å². The zero-order valence-corrected chi connectivity index (χ0v) is 17.1. The van der Waals surface area contributed by atoms with Gasteiger partial charge in [-0.3, -0.25) is 4.98 Å². The molecule has 5 heteroatoms. The number of pyridine rings is 1. The predicted molar refractivity (Wildman–Crippen MR) is 111 cm³/mol. The van der Waals surface area contributed by atoms with Crippen molar-refractivity contribution in [2.24, 2.45) is 0 Å². The maximum atomic E-state index is 12.8. The number of halogens is 3.